The van der Waals surface area contributed by atoms with E-state index in [9.17, 15) is 24.6 Å². The molecule has 5 nitrogen and oxygen atoms in total. The molecule has 112 valence electrons. The van der Waals surface area contributed by atoms with Gasteiger partial charge in [-0.3, -0.25) is 0 Å². The van der Waals surface area contributed by atoms with Crippen LogP contribution in [0, 0.1) is 0 Å². The van der Waals surface area contributed by atoms with Crippen molar-refractivity contribution < 1.29 is 29.3 Å². The summed E-state index contributed by atoms with van der Waals surface area (Å²) in [6.07, 6.45) is 2.36. The van der Waals surface area contributed by atoms with Gasteiger partial charge in [0.05, 0.1) is 24.7 Å². The van der Waals surface area contributed by atoms with Gasteiger partial charge in [0.2, 0.25) is 0 Å². The molecule has 0 saturated heterocycles. The summed E-state index contributed by atoms with van der Waals surface area (Å²) in [5, 5.41) is 0. The summed E-state index contributed by atoms with van der Waals surface area (Å²) >= 11 is 0. The molecule has 0 aliphatic carbocycles. The molecule has 0 unspecified atom stereocenters. The van der Waals surface area contributed by atoms with Gasteiger partial charge in [-0.2, -0.15) is 16.8 Å². The van der Waals surface area contributed by atoms with Crippen molar-refractivity contribution in [2.24, 2.45) is 0 Å². The molecule has 0 aromatic rings. The van der Waals surface area contributed by atoms with Crippen molar-refractivity contribution in [3.05, 3.63) is 23.3 Å². The molecule has 0 fully saturated rings. The first-order valence-corrected chi connectivity index (χ1v) is 8.34. The van der Waals surface area contributed by atoms with Gasteiger partial charge in [-0.1, -0.05) is 23.3 Å². The zero-order chi connectivity index (χ0) is 15.1. The summed E-state index contributed by atoms with van der Waals surface area (Å²) in [6.45, 7) is 3.28. The molecule has 0 N–H and O–H groups in total. The molecule has 0 amide bonds. The lowest BCUT2D eigenvalue weighted by molar-refractivity contribution is 0.180. The molecule has 0 aromatic carbocycles. The van der Waals surface area contributed by atoms with Crippen molar-refractivity contribution in [2.75, 3.05) is 24.7 Å². The predicted molar refractivity (Wildman–Crippen MR) is 68.1 cm³/mol. The normalized spacial score (nSPS) is 14.7. The van der Waals surface area contributed by atoms with Gasteiger partial charge in [0.1, 0.15) is 0 Å². The average Bonchev–Trinajstić information content (AvgIpc) is 2.22. The van der Waals surface area contributed by atoms with Gasteiger partial charge in [-0.25, -0.2) is 0 Å². The van der Waals surface area contributed by atoms with Crippen LogP contribution in [0.5, 0.6) is 0 Å². The monoisotopic (exact) mass is 318 g/mol. The first-order valence-electron chi connectivity index (χ1n) is 5.23. The van der Waals surface area contributed by atoms with E-state index in [0.717, 1.165) is 0 Å². The van der Waals surface area contributed by atoms with Crippen LogP contribution in [0.25, 0.3) is 0 Å². The lowest BCUT2D eigenvalue weighted by atomic mass is 10.3. The van der Waals surface area contributed by atoms with Crippen molar-refractivity contribution in [3.63, 3.8) is 0 Å². The molecule has 0 heterocycles. The first kappa shape index (κ1) is 18.2. The van der Waals surface area contributed by atoms with Crippen LogP contribution in [-0.2, 0) is 25.2 Å². The van der Waals surface area contributed by atoms with E-state index in [1.54, 1.807) is 13.8 Å². The van der Waals surface area contributed by atoms with Gasteiger partial charge in [0.15, 0.2) is 0 Å². The van der Waals surface area contributed by atoms with Crippen molar-refractivity contribution >= 4 is 20.4 Å². The highest BCUT2D eigenvalue weighted by atomic mass is 32.3. The van der Waals surface area contributed by atoms with Crippen LogP contribution in [0.15, 0.2) is 23.3 Å². The summed E-state index contributed by atoms with van der Waals surface area (Å²) in [5.74, 6) is -1.42. The summed E-state index contributed by atoms with van der Waals surface area (Å²) in [5.41, 5.74) is 1.04. The van der Waals surface area contributed by atoms with Crippen LogP contribution in [0.4, 0.5) is 7.77 Å². The molecule has 0 atom stereocenters. The predicted octanol–water partition coefficient (Wildman–Crippen LogP) is 1.49. The molecular formula is C10H16F2O5S2. The minimum Gasteiger partial charge on any atom is -0.373 e. The lowest BCUT2D eigenvalue weighted by Gasteiger charge is -2.04. The van der Waals surface area contributed by atoms with E-state index in [2.05, 4.69) is 0 Å². The maximum absolute atomic E-state index is 12.2. The molecule has 0 bridgehead atoms. The third kappa shape index (κ3) is 13.4. The molecular weight excluding hydrogens is 302 g/mol. The molecule has 0 rings (SSSR count). The van der Waals surface area contributed by atoms with Crippen LogP contribution in [0.1, 0.15) is 13.8 Å². The van der Waals surface area contributed by atoms with Crippen molar-refractivity contribution in [1.82, 2.24) is 0 Å². The third-order valence-corrected chi connectivity index (χ3v) is 3.05. The number of hydrogen-bond acceptors (Lipinski definition) is 5. The number of halogens is 2. The van der Waals surface area contributed by atoms with Gasteiger partial charge in [-0.05, 0) is 13.8 Å². The van der Waals surface area contributed by atoms with E-state index < -0.39 is 32.0 Å². The van der Waals surface area contributed by atoms with Gasteiger partial charge in [0, 0.05) is 0 Å². The Bertz CT molecular complexity index is 496. The maximum Gasteiger partial charge on any atom is 0.305 e. The number of ether oxygens (including phenoxy) is 1. The van der Waals surface area contributed by atoms with Crippen LogP contribution >= 0.6 is 0 Å². The molecule has 9 heteroatoms. The average molecular weight is 318 g/mol. The number of rotatable bonds is 8. The number of hydrogen-bond donors (Lipinski definition) is 0. The van der Waals surface area contributed by atoms with E-state index in [-0.39, 0.29) is 13.2 Å². The summed E-state index contributed by atoms with van der Waals surface area (Å²) in [6, 6.07) is 0. The Hall–Kier alpha value is -0.800. The largest absolute Gasteiger partial charge is 0.373 e. The molecule has 0 aromatic heterocycles. The van der Waals surface area contributed by atoms with E-state index in [0.29, 0.717) is 11.1 Å². The topological polar surface area (TPSA) is 77.5 Å². The minimum absolute atomic E-state index is 0.0725. The molecule has 0 aliphatic heterocycles. The Morgan fingerprint density at radius 3 is 1.47 bits per heavy atom. The minimum atomic E-state index is -4.54. The first-order chi connectivity index (χ1) is 8.49. The highest BCUT2D eigenvalue weighted by Gasteiger charge is 2.05. The van der Waals surface area contributed by atoms with E-state index in [1.807, 2.05) is 0 Å². The lowest BCUT2D eigenvalue weighted by Crippen LogP contribution is -2.03. The van der Waals surface area contributed by atoms with E-state index >= 15 is 0 Å². The summed E-state index contributed by atoms with van der Waals surface area (Å²) in [4.78, 5) is 0. The SMILES string of the molecule is CC(=CCS(=O)(=O)F)COCC(C)=CCS(=O)(=O)F. The van der Waals surface area contributed by atoms with E-state index in [1.165, 1.54) is 12.2 Å². The molecule has 0 spiro atoms. The zero-order valence-corrected chi connectivity index (χ0v) is 12.2. The highest BCUT2D eigenvalue weighted by molar-refractivity contribution is 7.86. The maximum atomic E-state index is 12.2. The second-order valence-electron chi connectivity index (χ2n) is 4.00. The van der Waals surface area contributed by atoms with Gasteiger partial charge in [0.25, 0.3) is 0 Å². The molecule has 0 aliphatic rings. The Labute approximate surface area is 112 Å². The Morgan fingerprint density at radius 2 is 1.21 bits per heavy atom. The summed E-state index contributed by atoms with van der Waals surface area (Å²) < 4.78 is 70.5. The van der Waals surface area contributed by atoms with Crippen LogP contribution < -0.4 is 0 Å². The second-order valence-corrected chi connectivity index (χ2v) is 6.83. The van der Waals surface area contributed by atoms with Crippen LogP contribution in [0.3, 0.4) is 0 Å². The molecule has 0 radical (unpaired) electrons. The second kappa shape index (κ2) is 7.71. The van der Waals surface area contributed by atoms with Crippen molar-refractivity contribution in [1.29, 1.82) is 0 Å². The van der Waals surface area contributed by atoms with Crippen molar-refractivity contribution in [3.8, 4) is 0 Å². The fraction of sp³-hybridized carbons (Fsp3) is 0.600. The van der Waals surface area contributed by atoms with E-state index in [4.69, 9.17) is 4.74 Å². The Morgan fingerprint density at radius 1 is 0.895 bits per heavy atom. The van der Waals surface area contributed by atoms with Crippen molar-refractivity contribution in [2.45, 2.75) is 13.8 Å². The smallest absolute Gasteiger partial charge is 0.305 e. The van der Waals surface area contributed by atoms with Gasteiger partial charge >= 0.3 is 20.4 Å². The Kier molecular flexibility index (Phi) is 7.38. The quantitative estimate of drug-likeness (QED) is 0.500. The van der Waals surface area contributed by atoms with Crippen LogP contribution in [0.2, 0.25) is 0 Å². The fourth-order valence-electron chi connectivity index (χ4n) is 0.974. The molecule has 0 saturated carbocycles. The van der Waals surface area contributed by atoms with Gasteiger partial charge in [-0.15, -0.1) is 7.77 Å². The van der Waals surface area contributed by atoms with Crippen LogP contribution in [-0.4, -0.2) is 41.6 Å². The highest BCUT2D eigenvalue weighted by Crippen LogP contribution is 2.02. The van der Waals surface area contributed by atoms with Gasteiger partial charge < -0.3 is 4.74 Å². The standard InChI is InChI=1S/C10H16F2O5S2/c1-9(3-5-18(11,13)14)7-17-8-10(2)4-6-19(12,15)16/h3-4H,5-8H2,1-2H3. The Balaban J connectivity index is 4.10. The zero-order valence-electron chi connectivity index (χ0n) is 10.6. The molecule has 19 heavy (non-hydrogen) atoms. The third-order valence-electron chi connectivity index (χ3n) is 1.92. The fourth-order valence-corrected chi connectivity index (χ4v) is 1.94. The summed E-state index contributed by atoms with van der Waals surface area (Å²) in [7, 11) is -9.07.